The molecule has 1 heterocycles. The lowest BCUT2D eigenvalue weighted by atomic mass is 10.0. The van der Waals surface area contributed by atoms with E-state index in [0.29, 0.717) is 62.4 Å². The predicted octanol–water partition coefficient (Wildman–Crippen LogP) is 20.4. The topological polar surface area (TPSA) is 108 Å². The molecular weight excluding hydrogens is 963 g/mol. The molecule has 1 saturated heterocycles. The third-order valence-corrected chi connectivity index (χ3v) is 16.4. The Morgan fingerprint density at radius 1 is 0.385 bits per heavy atom. The first kappa shape index (κ1) is 66.0. The largest absolute Gasteiger partial charge is 0.337 e. The zero-order chi connectivity index (χ0) is 55.6. The number of amides is 4. The molecule has 0 saturated carbocycles. The highest BCUT2D eigenvalue weighted by Gasteiger charge is 2.43. The number of carbonyl (C=O) groups excluding carboxylic acids is 4. The van der Waals surface area contributed by atoms with Crippen LogP contribution in [0.25, 0.3) is 0 Å². The zero-order valence-corrected chi connectivity index (χ0v) is 50.1. The number of nitrogens with zero attached hydrogens (tertiary/aromatic N) is 2. The van der Waals surface area contributed by atoms with Gasteiger partial charge in [0.1, 0.15) is 23.6 Å². The number of quaternary nitrogens is 1. The monoisotopic (exact) mass is 1070 g/mol. The number of hydrogen-bond donors (Lipinski definition) is 3. The van der Waals surface area contributed by atoms with Gasteiger partial charge in [0, 0.05) is 50.4 Å². The van der Waals surface area contributed by atoms with Gasteiger partial charge in [0.25, 0.3) is 0 Å². The lowest BCUT2D eigenvalue weighted by Crippen LogP contribution is -2.46. The minimum Gasteiger partial charge on any atom is -0.337 e. The van der Waals surface area contributed by atoms with Crippen LogP contribution in [0.15, 0.2) is 72.8 Å². The first-order valence-electron chi connectivity index (χ1n) is 32.7. The molecule has 9 heteroatoms. The fourth-order valence-corrected chi connectivity index (χ4v) is 11.7. The van der Waals surface area contributed by atoms with Crippen molar-refractivity contribution in [2.24, 2.45) is 0 Å². The number of benzene rings is 3. The van der Waals surface area contributed by atoms with Crippen LogP contribution in [0.1, 0.15) is 284 Å². The van der Waals surface area contributed by atoms with Gasteiger partial charge >= 0.3 is 0 Å². The van der Waals surface area contributed by atoms with Crippen molar-refractivity contribution >= 4 is 57.8 Å². The third kappa shape index (κ3) is 26.2. The Balaban J connectivity index is 1.57. The van der Waals surface area contributed by atoms with Crippen LogP contribution in [0.3, 0.4) is 0 Å². The van der Waals surface area contributed by atoms with Gasteiger partial charge in [-0.1, -0.05) is 269 Å². The summed E-state index contributed by atoms with van der Waals surface area (Å²) in [7, 11) is 0. The SMILES string of the molecule is CCCCCCCCCCCCCCC(=O)Nc1ccccc1[N+](CCN1CCCC1=O)(c1ccccc1NC(=O)CCCCCCCCCCCCCC)c1ccccc1NC(=O)CCCCCCCCCCCCCC. The Bertz CT molecular complexity index is 1860. The van der Waals surface area contributed by atoms with E-state index in [-0.39, 0.29) is 28.1 Å². The molecule has 0 unspecified atom stereocenters. The molecule has 0 spiro atoms. The number of hydrogen-bond acceptors (Lipinski definition) is 4. The second-order valence-corrected chi connectivity index (χ2v) is 23.1. The molecule has 3 N–H and O–H groups in total. The van der Waals surface area contributed by atoms with Gasteiger partial charge in [-0.05, 0) is 43.9 Å². The van der Waals surface area contributed by atoms with Crippen molar-refractivity contribution in [3.63, 3.8) is 0 Å². The predicted molar refractivity (Wildman–Crippen MR) is 334 cm³/mol. The van der Waals surface area contributed by atoms with E-state index in [1.165, 1.54) is 173 Å². The number of rotatable bonds is 48. The molecule has 0 radical (unpaired) electrons. The van der Waals surface area contributed by atoms with Gasteiger partial charge < -0.3 is 20.9 Å². The standard InChI is InChI=1S/C69H111N5O4/c1-4-7-10-13-16-19-22-25-28-31-34-37-53-66(75)70-60-47-40-43-50-63(60)74(59-58-73-57-46-56-69(73)78,64-51-44-41-48-61(64)71-67(76)54-38-35-32-29-26-23-20-17-14-11-8-5-2)65-52-45-42-49-62(65)72-68(77)55-39-36-33-30-27-24-21-18-15-12-9-6-3/h40-45,47-52H,4-39,46,53-59H2,1-3H3,(H2-,70,71,72,75,76,77)/p+1. The summed E-state index contributed by atoms with van der Waals surface area (Å²) in [6.07, 6.45) is 46.9. The fraction of sp³-hybridized carbons (Fsp3) is 0.681. The highest BCUT2D eigenvalue weighted by Crippen LogP contribution is 2.52. The molecule has 0 bridgehead atoms. The zero-order valence-electron chi connectivity index (χ0n) is 50.1. The summed E-state index contributed by atoms with van der Waals surface area (Å²) in [5, 5.41) is 10.1. The first-order chi connectivity index (χ1) is 38.3. The van der Waals surface area contributed by atoms with Crippen LogP contribution in [0, 0.1) is 0 Å². The van der Waals surface area contributed by atoms with Gasteiger partial charge in [-0.25, -0.2) is 4.48 Å². The lowest BCUT2D eigenvalue weighted by Gasteiger charge is -2.41. The van der Waals surface area contributed by atoms with Crippen molar-refractivity contribution in [2.45, 2.75) is 284 Å². The van der Waals surface area contributed by atoms with Crippen LogP contribution >= 0.6 is 0 Å². The maximum absolute atomic E-state index is 14.1. The summed E-state index contributed by atoms with van der Waals surface area (Å²) < 4.78 is 0.0446. The minimum absolute atomic E-state index is 0.0321. The maximum Gasteiger partial charge on any atom is 0.224 e. The summed E-state index contributed by atoms with van der Waals surface area (Å²) in [4.78, 5) is 57.7. The molecule has 3 aromatic carbocycles. The summed E-state index contributed by atoms with van der Waals surface area (Å²) in [6, 6.07) is 24.1. The Morgan fingerprint density at radius 3 is 0.897 bits per heavy atom. The number of para-hydroxylation sites is 6. The second-order valence-electron chi connectivity index (χ2n) is 23.1. The van der Waals surface area contributed by atoms with Gasteiger partial charge in [0.15, 0.2) is 17.1 Å². The third-order valence-electron chi connectivity index (χ3n) is 16.4. The summed E-state index contributed by atoms with van der Waals surface area (Å²) in [6.45, 7) is 8.31. The van der Waals surface area contributed by atoms with Gasteiger partial charge in [-0.3, -0.25) is 19.2 Å². The van der Waals surface area contributed by atoms with Crippen molar-refractivity contribution < 1.29 is 19.2 Å². The molecule has 9 nitrogen and oxygen atoms in total. The van der Waals surface area contributed by atoms with E-state index in [1.54, 1.807) is 0 Å². The number of likely N-dealkylation sites (tertiary alicyclic amines) is 1. The minimum atomic E-state index is -0.0321. The van der Waals surface area contributed by atoms with Crippen molar-refractivity contribution in [1.82, 2.24) is 9.38 Å². The van der Waals surface area contributed by atoms with Crippen LogP contribution in [-0.4, -0.2) is 48.2 Å². The molecule has 1 aliphatic rings. The van der Waals surface area contributed by atoms with E-state index in [9.17, 15) is 19.2 Å². The summed E-state index contributed by atoms with van der Waals surface area (Å²) >= 11 is 0. The van der Waals surface area contributed by atoms with Gasteiger partial charge in [0.05, 0.1) is 6.54 Å². The molecule has 1 aliphatic heterocycles. The summed E-state index contributed by atoms with van der Waals surface area (Å²) in [5.74, 6) is 0.0334. The number of carbonyl (C=O) groups is 4. The number of nitrogens with one attached hydrogen (secondary N) is 3. The van der Waals surface area contributed by atoms with Crippen molar-refractivity contribution in [3.8, 4) is 0 Å². The molecule has 78 heavy (non-hydrogen) atoms. The fourth-order valence-electron chi connectivity index (χ4n) is 11.7. The molecule has 1 fully saturated rings. The van der Waals surface area contributed by atoms with Gasteiger partial charge in [-0.15, -0.1) is 0 Å². The normalized spacial score (nSPS) is 12.6. The second kappa shape index (κ2) is 42.4. The van der Waals surface area contributed by atoms with Crippen LogP contribution in [0.4, 0.5) is 34.1 Å². The Hall–Kier alpha value is -4.50. The van der Waals surface area contributed by atoms with Gasteiger partial charge in [0.2, 0.25) is 23.6 Å². The van der Waals surface area contributed by atoms with E-state index >= 15 is 0 Å². The molecule has 0 aliphatic carbocycles. The molecular formula is C69H112N5O4+. The number of anilines is 3. The van der Waals surface area contributed by atoms with Crippen LogP contribution in [0.5, 0.6) is 0 Å². The molecule has 436 valence electrons. The Morgan fingerprint density at radius 2 is 0.641 bits per heavy atom. The molecule has 3 aromatic rings. The smallest absolute Gasteiger partial charge is 0.224 e. The van der Waals surface area contributed by atoms with Crippen molar-refractivity contribution in [2.75, 3.05) is 35.6 Å². The summed E-state index contributed by atoms with van der Waals surface area (Å²) in [5.41, 5.74) is 4.42. The Labute approximate surface area is 476 Å². The number of unbranched alkanes of at least 4 members (excludes halogenated alkanes) is 33. The highest BCUT2D eigenvalue weighted by molar-refractivity contribution is 6.01. The van der Waals surface area contributed by atoms with Crippen LogP contribution in [-0.2, 0) is 19.2 Å². The average molecular weight is 1080 g/mol. The van der Waals surface area contributed by atoms with E-state index in [4.69, 9.17) is 0 Å². The van der Waals surface area contributed by atoms with E-state index < -0.39 is 0 Å². The quantitative estimate of drug-likeness (QED) is 0.0387. The van der Waals surface area contributed by atoms with Crippen molar-refractivity contribution in [1.29, 1.82) is 0 Å². The van der Waals surface area contributed by atoms with Gasteiger partial charge in [-0.2, -0.15) is 0 Å². The molecule has 4 amide bonds. The van der Waals surface area contributed by atoms with Crippen LogP contribution in [0.2, 0.25) is 0 Å². The first-order valence-corrected chi connectivity index (χ1v) is 32.7. The van der Waals surface area contributed by atoms with Crippen LogP contribution < -0.4 is 20.4 Å². The van der Waals surface area contributed by atoms with Crippen molar-refractivity contribution in [3.05, 3.63) is 72.8 Å². The van der Waals surface area contributed by atoms with E-state index in [2.05, 4.69) is 54.9 Å². The Kier molecular flexibility index (Phi) is 35.9. The molecule has 4 rings (SSSR count). The average Bonchev–Trinajstić information content (AvgIpc) is 3.95. The lowest BCUT2D eigenvalue weighted by molar-refractivity contribution is -0.127. The highest BCUT2D eigenvalue weighted by atomic mass is 16.2. The molecule has 0 aromatic heterocycles. The van der Waals surface area contributed by atoms with E-state index in [0.717, 1.165) is 81.3 Å². The maximum atomic E-state index is 14.1. The molecule has 0 atom stereocenters. The van der Waals surface area contributed by atoms with E-state index in [1.807, 2.05) is 59.5 Å².